The third-order valence-corrected chi connectivity index (χ3v) is 3.89. The zero-order chi connectivity index (χ0) is 17.4. The number of nitrogens with zero attached hydrogens (tertiary/aromatic N) is 2. The van der Waals surface area contributed by atoms with Gasteiger partial charge in [-0.2, -0.15) is 8.78 Å². The largest absolute Gasteiger partial charge is 0.434 e. The molecule has 1 aliphatic rings. The fourth-order valence-electron chi connectivity index (χ4n) is 2.54. The van der Waals surface area contributed by atoms with Gasteiger partial charge in [-0.25, -0.2) is 10.1 Å². The third-order valence-electron chi connectivity index (χ3n) is 3.57. The fraction of sp³-hybridized carbons (Fsp3) is 0.133. The number of carbonyl (C=O) groups is 1. The Morgan fingerprint density at radius 3 is 2.54 bits per heavy atom. The van der Waals surface area contributed by atoms with Gasteiger partial charge in [0.1, 0.15) is 5.75 Å². The quantitative estimate of drug-likeness (QED) is 0.816. The summed E-state index contributed by atoms with van der Waals surface area (Å²) in [5, 5.41) is 21.2. The number of carbonyl (C=O) groups excluding carboxylic acids is 1. The van der Waals surface area contributed by atoms with Gasteiger partial charge in [0.15, 0.2) is 6.29 Å². The number of halogens is 3. The van der Waals surface area contributed by atoms with E-state index in [9.17, 15) is 24.0 Å². The zero-order valence-corrected chi connectivity index (χ0v) is 12.7. The van der Waals surface area contributed by atoms with Gasteiger partial charge in [-0.05, 0) is 29.8 Å². The first kappa shape index (κ1) is 16.4. The van der Waals surface area contributed by atoms with Crippen molar-refractivity contribution in [2.75, 3.05) is 10.1 Å². The van der Waals surface area contributed by atoms with E-state index < -0.39 is 12.8 Å². The van der Waals surface area contributed by atoms with Crippen LogP contribution in [0, 0.1) is 0 Å². The van der Waals surface area contributed by atoms with Gasteiger partial charge in [0.2, 0.25) is 6.17 Å². The summed E-state index contributed by atoms with van der Waals surface area (Å²) in [4.78, 5) is 11.0. The Kier molecular flexibility index (Phi) is 4.27. The van der Waals surface area contributed by atoms with Crippen LogP contribution in [0.25, 0.3) is 11.1 Å². The Balaban J connectivity index is 2.11. The summed E-state index contributed by atoms with van der Waals surface area (Å²) in [7, 11) is 0. The van der Waals surface area contributed by atoms with Crippen molar-refractivity contribution in [2.45, 2.75) is 12.8 Å². The molecule has 1 heterocycles. The van der Waals surface area contributed by atoms with E-state index in [1.807, 2.05) is 0 Å². The lowest BCUT2D eigenvalue weighted by atomic mass is 10.0. The van der Waals surface area contributed by atoms with Crippen LogP contribution >= 0.6 is 11.6 Å². The van der Waals surface area contributed by atoms with Crippen LogP contribution in [0.15, 0.2) is 36.4 Å². The number of hydrogen-bond donors (Lipinski definition) is 2. The molecule has 0 saturated heterocycles. The van der Waals surface area contributed by atoms with E-state index in [1.54, 1.807) is 0 Å². The first-order valence-electron chi connectivity index (χ1n) is 6.73. The second-order valence-electron chi connectivity index (χ2n) is 4.93. The molecule has 1 unspecified atom stereocenters. The minimum absolute atomic E-state index is 0.120. The topological polar surface area (TPSA) is 73.2 Å². The normalized spacial score (nSPS) is 16.5. The monoisotopic (exact) mass is 356 g/mol. The Bertz CT molecular complexity index is 790. The predicted octanol–water partition coefficient (Wildman–Crippen LogP) is 3.54. The number of fused-ring (bicyclic) bond motifs is 1. The number of hydrogen-bond acceptors (Lipinski definition) is 6. The van der Waals surface area contributed by atoms with Gasteiger partial charge in [0.05, 0.1) is 16.4 Å². The first-order chi connectivity index (χ1) is 11.4. The lowest BCUT2D eigenvalue weighted by molar-refractivity contribution is -0.111. The molecule has 0 fully saturated rings. The molecular weight excluding hydrogens is 346 g/mol. The molecule has 2 aromatic carbocycles. The summed E-state index contributed by atoms with van der Waals surface area (Å²) in [5.41, 5.74) is 0.875. The summed E-state index contributed by atoms with van der Waals surface area (Å²) < 4.78 is 29.7. The Morgan fingerprint density at radius 2 is 1.88 bits per heavy atom. The fourth-order valence-corrected chi connectivity index (χ4v) is 2.81. The van der Waals surface area contributed by atoms with Crippen LogP contribution in [0.3, 0.4) is 0 Å². The minimum Gasteiger partial charge on any atom is -0.434 e. The maximum absolute atomic E-state index is 12.6. The van der Waals surface area contributed by atoms with Crippen LogP contribution in [0.1, 0.15) is 0 Å². The Hall–Kier alpha value is -2.42. The van der Waals surface area contributed by atoms with Gasteiger partial charge in [-0.3, -0.25) is 15.2 Å². The minimum atomic E-state index is -3.03. The van der Waals surface area contributed by atoms with Crippen LogP contribution in [0.2, 0.25) is 5.02 Å². The van der Waals surface area contributed by atoms with Gasteiger partial charge < -0.3 is 4.74 Å². The van der Waals surface area contributed by atoms with Crippen LogP contribution in [-0.4, -0.2) is 29.5 Å². The second-order valence-corrected chi connectivity index (χ2v) is 5.34. The zero-order valence-electron chi connectivity index (χ0n) is 11.9. The van der Waals surface area contributed by atoms with E-state index in [4.69, 9.17) is 11.6 Å². The molecule has 1 atom stereocenters. The summed E-state index contributed by atoms with van der Waals surface area (Å²) in [6.45, 7) is -3.03. The summed E-state index contributed by atoms with van der Waals surface area (Å²) >= 11 is 6.10. The molecule has 24 heavy (non-hydrogen) atoms. The van der Waals surface area contributed by atoms with Gasteiger partial charge >= 0.3 is 6.61 Å². The second kappa shape index (κ2) is 6.23. The lowest BCUT2D eigenvalue weighted by Gasteiger charge is -2.17. The van der Waals surface area contributed by atoms with Gasteiger partial charge in [-0.15, -0.1) is 0 Å². The summed E-state index contributed by atoms with van der Waals surface area (Å²) in [6.07, 6.45) is -0.946. The third kappa shape index (κ3) is 2.64. The number of alkyl halides is 2. The molecule has 6 nitrogen and oxygen atoms in total. The van der Waals surface area contributed by atoms with Crippen molar-refractivity contribution in [3.8, 4) is 16.9 Å². The molecular formula is C15H11ClF2N2O4. The molecule has 0 radical (unpaired) electrons. The molecule has 9 heteroatoms. The molecule has 0 saturated carbocycles. The molecule has 126 valence electrons. The smallest absolute Gasteiger partial charge is 0.387 e. The van der Waals surface area contributed by atoms with Crippen LogP contribution < -0.4 is 14.9 Å². The van der Waals surface area contributed by atoms with Crippen molar-refractivity contribution in [2.24, 2.45) is 0 Å². The van der Waals surface area contributed by atoms with Crippen LogP contribution in [-0.2, 0) is 4.79 Å². The maximum Gasteiger partial charge on any atom is 0.387 e. The van der Waals surface area contributed by atoms with Crippen molar-refractivity contribution in [3.63, 3.8) is 0 Å². The molecule has 0 amide bonds. The van der Waals surface area contributed by atoms with E-state index >= 15 is 0 Å². The standard InChI is InChI=1S/C15H11ClF2N2O4/c16-9-2-1-3-12(24-15(17)18)14(9)8-4-5-10-11(6-8)20(23)13(7-21)19(10)22/h1-7,13,15,22-23H. The average molecular weight is 357 g/mol. The highest BCUT2D eigenvalue weighted by Crippen LogP contribution is 2.43. The average Bonchev–Trinajstić information content (AvgIpc) is 2.77. The maximum atomic E-state index is 12.6. The van der Waals surface area contributed by atoms with E-state index in [1.165, 1.54) is 36.4 Å². The predicted molar refractivity (Wildman–Crippen MR) is 81.9 cm³/mol. The van der Waals surface area contributed by atoms with Crippen molar-refractivity contribution in [3.05, 3.63) is 41.4 Å². The molecule has 0 aromatic heterocycles. The van der Waals surface area contributed by atoms with Crippen molar-refractivity contribution in [1.82, 2.24) is 0 Å². The molecule has 3 rings (SSSR count). The van der Waals surface area contributed by atoms with Crippen LogP contribution in [0.5, 0.6) is 5.75 Å². The lowest BCUT2D eigenvalue weighted by Crippen LogP contribution is -2.40. The van der Waals surface area contributed by atoms with E-state index in [2.05, 4.69) is 4.74 Å². The molecule has 2 aromatic rings. The molecule has 0 bridgehead atoms. The number of rotatable bonds is 4. The Morgan fingerprint density at radius 1 is 1.17 bits per heavy atom. The highest BCUT2D eigenvalue weighted by Gasteiger charge is 2.35. The molecule has 0 aliphatic carbocycles. The van der Waals surface area contributed by atoms with E-state index in [-0.39, 0.29) is 27.7 Å². The number of benzene rings is 2. The van der Waals surface area contributed by atoms with Gasteiger partial charge in [0.25, 0.3) is 0 Å². The molecule has 0 spiro atoms. The summed E-state index contributed by atoms with van der Waals surface area (Å²) in [6, 6.07) is 8.64. The number of hydroxylamine groups is 2. The van der Waals surface area contributed by atoms with Crippen molar-refractivity contribution < 1.29 is 28.7 Å². The molecule has 2 N–H and O–H groups in total. The SMILES string of the molecule is O=CC1N(O)c2ccc(-c3c(Cl)cccc3OC(F)F)cc2N1O. The van der Waals surface area contributed by atoms with E-state index in [0.717, 1.165) is 0 Å². The molecule has 1 aliphatic heterocycles. The van der Waals surface area contributed by atoms with Crippen molar-refractivity contribution >= 4 is 29.3 Å². The van der Waals surface area contributed by atoms with Gasteiger partial charge in [-0.1, -0.05) is 23.7 Å². The number of ether oxygens (including phenoxy) is 1. The highest BCUT2D eigenvalue weighted by atomic mass is 35.5. The highest BCUT2D eigenvalue weighted by molar-refractivity contribution is 6.33. The number of anilines is 2. The Labute approximate surface area is 140 Å². The van der Waals surface area contributed by atoms with Gasteiger partial charge in [0, 0.05) is 5.56 Å². The summed E-state index contributed by atoms with van der Waals surface area (Å²) in [5.74, 6) is -0.132. The first-order valence-corrected chi connectivity index (χ1v) is 7.11. The van der Waals surface area contributed by atoms with E-state index in [0.29, 0.717) is 22.0 Å². The van der Waals surface area contributed by atoms with Crippen LogP contribution in [0.4, 0.5) is 20.2 Å². The number of aldehydes is 1. The van der Waals surface area contributed by atoms with Crippen molar-refractivity contribution in [1.29, 1.82) is 0 Å².